The van der Waals surface area contributed by atoms with Gasteiger partial charge in [0.05, 0.1) is 6.33 Å². The van der Waals surface area contributed by atoms with Crippen LogP contribution in [0.5, 0.6) is 0 Å². The highest BCUT2D eigenvalue weighted by molar-refractivity contribution is 7.99. The normalized spacial score (nSPS) is 11.9. The van der Waals surface area contributed by atoms with E-state index in [1.807, 2.05) is 30.9 Å². The molecule has 0 saturated heterocycles. The minimum absolute atomic E-state index is 0.0337. The van der Waals surface area contributed by atoms with Gasteiger partial charge in [-0.1, -0.05) is 42.5 Å². The molecule has 1 aromatic heterocycles. The van der Waals surface area contributed by atoms with E-state index in [0.29, 0.717) is 5.25 Å². The number of benzene rings is 2. The van der Waals surface area contributed by atoms with Crippen molar-refractivity contribution in [2.45, 2.75) is 44.4 Å². The zero-order valence-electron chi connectivity index (χ0n) is 17.0. The molecular formula is C24H29N3OS. The van der Waals surface area contributed by atoms with E-state index in [2.05, 4.69) is 69.1 Å². The van der Waals surface area contributed by atoms with Gasteiger partial charge in [-0.05, 0) is 54.7 Å². The van der Waals surface area contributed by atoms with Crippen LogP contribution < -0.4 is 5.32 Å². The van der Waals surface area contributed by atoms with Gasteiger partial charge in [0.25, 0.3) is 0 Å². The molecule has 2 aromatic carbocycles. The van der Waals surface area contributed by atoms with Gasteiger partial charge in [0, 0.05) is 36.8 Å². The second kappa shape index (κ2) is 11.5. The Morgan fingerprint density at radius 2 is 1.83 bits per heavy atom. The van der Waals surface area contributed by atoms with E-state index in [4.69, 9.17) is 0 Å². The second-order valence-corrected chi connectivity index (χ2v) is 8.67. The van der Waals surface area contributed by atoms with Crippen molar-refractivity contribution in [3.63, 3.8) is 0 Å². The molecule has 1 amide bonds. The lowest BCUT2D eigenvalue weighted by Gasteiger charge is -2.17. The number of imidazole rings is 1. The van der Waals surface area contributed by atoms with Crippen molar-refractivity contribution in [1.82, 2.24) is 9.55 Å². The molecule has 1 atom stereocenters. The smallest absolute Gasteiger partial charge is 0.221 e. The first-order chi connectivity index (χ1) is 14.2. The van der Waals surface area contributed by atoms with Crippen molar-refractivity contribution < 1.29 is 4.79 Å². The summed E-state index contributed by atoms with van der Waals surface area (Å²) in [4.78, 5) is 15.3. The maximum Gasteiger partial charge on any atom is 0.221 e. The van der Waals surface area contributed by atoms with Crippen molar-refractivity contribution in [2.24, 2.45) is 0 Å². The summed E-state index contributed by atoms with van der Waals surface area (Å²) in [5.41, 5.74) is 3.58. The van der Waals surface area contributed by atoms with E-state index in [1.54, 1.807) is 0 Å². The first kappa shape index (κ1) is 21.2. The van der Waals surface area contributed by atoms with E-state index in [0.717, 1.165) is 43.7 Å². The van der Waals surface area contributed by atoms with Crippen LogP contribution in [0.3, 0.4) is 0 Å². The van der Waals surface area contributed by atoms with Gasteiger partial charge in [-0.3, -0.25) is 4.79 Å². The lowest BCUT2D eigenvalue weighted by molar-refractivity contribution is -0.114. The fraction of sp³-hybridized carbons (Fsp3) is 0.333. The molecule has 3 aromatic rings. The van der Waals surface area contributed by atoms with Crippen molar-refractivity contribution in [3.8, 4) is 0 Å². The summed E-state index contributed by atoms with van der Waals surface area (Å²) in [6, 6.07) is 18.9. The van der Waals surface area contributed by atoms with Crippen LogP contribution in [0.15, 0.2) is 73.3 Å². The molecular weight excluding hydrogens is 378 g/mol. The molecule has 3 rings (SSSR count). The maximum atomic E-state index is 11.1. The maximum absolute atomic E-state index is 11.1. The molecule has 0 bridgehead atoms. The van der Waals surface area contributed by atoms with Gasteiger partial charge in [0.2, 0.25) is 5.91 Å². The number of anilines is 1. The number of carbonyl (C=O) groups excluding carboxylic acids is 1. The van der Waals surface area contributed by atoms with Crippen LogP contribution in [-0.4, -0.2) is 26.5 Å². The van der Waals surface area contributed by atoms with E-state index in [9.17, 15) is 4.79 Å². The Kier molecular flexibility index (Phi) is 8.38. The lowest BCUT2D eigenvalue weighted by atomic mass is 10.1. The number of aryl methyl sites for hydroxylation is 2. The van der Waals surface area contributed by atoms with Gasteiger partial charge in [-0.15, -0.1) is 0 Å². The van der Waals surface area contributed by atoms with E-state index in [1.165, 1.54) is 18.1 Å². The fourth-order valence-corrected chi connectivity index (χ4v) is 4.52. The molecule has 0 aliphatic carbocycles. The SMILES string of the molecule is CC(=O)Nc1ccc(CCCSC(CCc2ccccc2)Cn2ccnc2)cc1. The molecule has 152 valence electrons. The predicted octanol–water partition coefficient (Wildman–Crippen LogP) is 5.21. The number of aromatic nitrogens is 2. The van der Waals surface area contributed by atoms with Crippen molar-refractivity contribution in [1.29, 1.82) is 0 Å². The Morgan fingerprint density at radius 3 is 2.52 bits per heavy atom. The second-order valence-electron chi connectivity index (χ2n) is 7.26. The van der Waals surface area contributed by atoms with Gasteiger partial charge < -0.3 is 9.88 Å². The summed E-state index contributed by atoms with van der Waals surface area (Å²) in [5.74, 6) is 1.11. The van der Waals surface area contributed by atoms with Gasteiger partial charge in [0.15, 0.2) is 0 Å². The Balaban J connectivity index is 1.45. The number of nitrogens with zero attached hydrogens (tertiary/aromatic N) is 2. The number of hydrogen-bond donors (Lipinski definition) is 1. The highest BCUT2D eigenvalue weighted by Crippen LogP contribution is 2.21. The summed E-state index contributed by atoms with van der Waals surface area (Å²) >= 11 is 2.06. The van der Waals surface area contributed by atoms with Gasteiger partial charge >= 0.3 is 0 Å². The summed E-state index contributed by atoms with van der Waals surface area (Å²) < 4.78 is 2.18. The van der Waals surface area contributed by atoms with Crippen LogP contribution in [-0.2, 0) is 24.2 Å². The molecule has 0 spiro atoms. The van der Waals surface area contributed by atoms with Crippen molar-refractivity contribution in [2.75, 3.05) is 11.1 Å². The molecule has 4 nitrogen and oxygen atoms in total. The number of carbonyl (C=O) groups is 1. The topological polar surface area (TPSA) is 46.9 Å². The molecule has 0 aliphatic heterocycles. The zero-order valence-corrected chi connectivity index (χ0v) is 17.8. The van der Waals surface area contributed by atoms with Gasteiger partial charge in [-0.25, -0.2) is 4.98 Å². The van der Waals surface area contributed by atoms with Crippen LogP contribution in [0, 0.1) is 0 Å². The number of rotatable bonds is 11. The van der Waals surface area contributed by atoms with E-state index in [-0.39, 0.29) is 5.91 Å². The van der Waals surface area contributed by atoms with Crippen LogP contribution in [0.4, 0.5) is 5.69 Å². The minimum Gasteiger partial charge on any atom is -0.336 e. The molecule has 29 heavy (non-hydrogen) atoms. The largest absolute Gasteiger partial charge is 0.336 e. The quantitative estimate of drug-likeness (QED) is 0.444. The third-order valence-corrected chi connectivity index (χ3v) is 6.19. The predicted molar refractivity (Wildman–Crippen MR) is 122 cm³/mol. The molecule has 0 aliphatic rings. The highest BCUT2D eigenvalue weighted by atomic mass is 32.2. The molecule has 1 N–H and O–H groups in total. The fourth-order valence-electron chi connectivity index (χ4n) is 3.31. The molecule has 0 fully saturated rings. The molecule has 0 radical (unpaired) electrons. The number of nitrogens with one attached hydrogen (secondary N) is 1. The summed E-state index contributed by atoms with van der Waals surface area (Å²) in [5, 5.41) is 3.39. The van der Waals surface area contributed by atoms with E-state index >= 15 is 0 Å². The number of amides is 1. The molecule has 1 heterocycles. The van der Waals surface area contributed by atoms with Crippen LogP contribution in [0.1, 0.15) is 30.9 Å². The van der Waals surface area contributed by atoms with Gasteiger partial charge in [-0.2, -0.15) is 11.8 Å². The van der Waals surface area contributed by atoms with Crippen molar-refractivity contribution >= 4 is 23.4 Å². The third-order valence-electron chi connectivity index (χ3n) is 4.81. The zero-order chi connectivity index (χ0) is 20.3. The van der Waals surface area contributed by atoms with Gasteiger partial charge in [0.1, 0.15) is 0 Å². The Labute approximate surface area is 177 Å². The monoisotopic (exact) mass is 407 g/mol. The first-order valence-corrected chi connectivity index (χ1v) is 11.2. The standard InChI is InChI=1S/C24H29N3OS/c1-20(28)26-23-12-9-22(10-13-23)8-5-17-29-24(18-27-16-15-25-19-27)14-11-21-6-3-2-4-7-21/h2-4,6-7,9-10,12-13,15-16,19,24H,5,8,11,14,17-18H2,1H3,(H,26,28). The summed E-state index contributed by atoms with van der Waals surface area (Å²) in [6.45, 7) is 2.53. The highest BCUT2D eigenvalue weighted by Gasteiger charge is 2.11. The minimum atomic E-state index is -0.0337. The summed E-state index contributed by atoms with van der Waals surface area (Å²) in [6.07, 6.45) is 10.3. The van der Waals surface area contributed by atoms with E-state index < -0.39 is 0 Å². The molecule has 0 saturated carbocycles. The first-order valence-electron chi connectivity index (χ1n) is 10.2. The average Bonchev–Trinajstić information content (AvgIpc) is 3.24. The number of thioether (sulfide) groups is 1. The Bertz CT molecular complexity index is 848. The van der Waals surface area contributed by atoms with Crippen molar-refractivity contribution in [3.05, 3.63) is 84.4 Å². The summed E-state index contributed by atoms with van der Waals surface area (Å²) in [7, 11) is 0. The average molecular weight is 408 g/mol. The third kappa shape index (κ3) is 7.78. The van der Waals surface area contributed by atoms with Crippen LogP contribution >= 0.6 is 11.8 Å². The number of hydrogen-bond acceptors (Lipinski definition) is 3. The van der Waals surface area contributed by atoms with Crippen LogP contribution in [0.2, 0.25) is 0 Å². The molecule has 1 unspecified atom stereocenters. The Morgan fingerprint density at radius 1 is 1.07 bits per heavy atom. The molecule has 5 heteroatoms. The Hall–Kier alpha value is -2.53. The lowest BCUT2D eigenvalue weighted by Crippen LogP contribution is -2.14. The van der Waals surface area contributed by atoms with Crippen LogP contribution in [0.25, 0.3) is 0 Å².